The van der Waals surface area contributed by atoms with Gasteiger partial charge in [-0.25, -0.2) is 4.79 Å². The Morgan fingerprint density at radius 2 is 2.11 bits per heavy atom. The molecule has 2 aromatic rings. The minimum Gasteiger partial charge on any atom is -0.475 e. The molecule has 19 heavy (non-hydrogen) atoms. The molecule has 2 aromatic heterocycles. The van der Waals surface area contributed by atoms with Crippen LogP contribution in [0.2, 0.25) is 0 Å². The second-order valence-corrected chi connectivity index (χ2v) is 4.96. The van der Waals surface area contributed by atoms with Crippen molar-refractivity contribution in [3.05, 3.63) is 46.0 Å². The van der Waals surface area contributed by atoms with E-state index in [1.165, 1.54) is 12.1 Å². The highest BCUT2D eigenvalue weighted by atomic mass is 32.1. The molecule has 1 unspecified atom stereocenters. The zero-order valence-electron chi connectivity index (χ0n) is 10.3. The maximum atomic E-state index is 11.8. The fourth-order valence-electron chi connectivity index (χ4n) is 1.68. The molecule has 6 heteroatoms. The molecule has 0 aliphatic heterocycles. The zero-order valence-corrected chi connectivity index (χ0v) is 11.1. The highest BCUT2D eigenvalue weighted by Crippen LogP contribution is 2.10. The Labute approximate surface area is 113 Å². The van der Waals surface area contributed by atoms with E-state index in [0.29, 0.717) is 0 Å². The molecule has 0 aliphatic carbocycles. The van der Waals surface area contributed by atoms with Gasteiger partial charge in [-0.1, -0.05) is 0 Å². The Hall–Kier alpha value is -2.08. The molecule has 2 rings (SSSR count). The lowest BCUT2D eigenvalue weighted by Gasteiger charge is -2.11. The number of carboxylic acids is 1. The third-order valence-corrected chi connectivity index (χ3v) is 3.27. The normalized spacial score (nSPS) is 12.1. The smallest absolute Gasteiger partial charge is 0.371 e. The van der Waals surface area contributed by atoms with Gasteiger partial charge in [0.15, 0.2) is 5.76 Å². The minimum absolute atomic E-state index is 0.00886. The summed E-state index contributed by atoms with van der Waals surface area (Å²) in [5.41, 5.74) is 1.16. The average molecular weight is 279 g/mol. The first-order valence-electron chi connectivity index (χ1n) is 5.71. The fourth-order valence-corrected chi connectivity index (χ4v) is 2.36. The molecular weight excluding hydrogens is 266 g/mol. The number of thiophene rings is 1. The zero-order chi connectivity index (χ0) is 13.8. The summed E-state index contributed by atoms with van der Waals surface area (Å²) in [5, 5.41) is 15.5. The van der Waals surface area contributed by atoms with E-state index in [-0.39, 0.29) is 17.6 Å². The quantitative estimate of drug-likeness (QED) is 0.880. The van der Waals surface area contributed by atoms with Crippen LogP contribution in [0.25, 0.3) is 0 Å². The predicted molar refractivity (Wildman–Crippen MR) is 70.6 cm³/mol. The maximum Gasteiger partial charge on any atom is 0.371 e. The van der Waals surface area contributed by atoms with Crippen LogP contribution >= 0.6 is 11.3 Å². The van der Waals surface area contributed by atoms with Crippen molar-refractivity contribution < 1.29 is 19.1 Å². The van der Waals surface area contributed by atoms with Gasteiger partial charge < -0.3 is 14.8 Å². The van der Waals surface area contributed by atoms with Crippen LogP contribution in [0.1, 0.15) is 33.6 Å². The molecule has 0 fully saturated rings. The molecule has 0 spiro atoms. The van der Waals surface area contributed by atoms with Crippen LogP contribution in [-0.2, 0) is 6.42 Å². The van der Waals surface area contributed by atoms with E-state index in [9.17, 15) is 9.59 Å². The number of carbonyl (C=O) groups excluding carboxylic acids is 1. The lowest BCUT2D eigenvalue weighted by molar-refractivity contribution is 0.0659. The largest absolute Gasteiger partial charge is 0.475 e. The van der Waals surface area contributed by atoms with Crippen molar-refractivity contribution in [3.63, 3.8) is 0 Å². The Balaban J connectivity index is 1.94. The monoisotopic (exact) mass is 279 g/mol. The molecule has 0 bridgehead atoms. The van der Waals surface area contributed by atoms with Crippen molar-refractivity contribution in [3.8, 4) is 0 Å². The second-order valence-electron chi connectivity index (χ2n) is 4.18. The number of amides is 1. The van der Waals surface area contributed by atoms with Crippen LogP contribution in [0.3, 0.4) is 0 Å². The van der Waals surface area contributed by atoms with Crippen LogP contribution in [0.5, 0.6) is 0 Å². The van der Waals surface area contributed by atoms with Crippen LogP contribution < -0.4 is 5.32 Å². The van der Waals surface area contributed by atoms with Gasteiger partial charge in [0.25, 0.3) is 5.91 Å². The summed E-state index contributed by atoms with van der Waals surface area (Å²) in [5.74, 6) is -1.83. The Morgan fingerprint density at radius 3 is 2.68 bits per heavy atom. The Bertz CT molecular complexity index is 573. The van der Waals surface area contributed by atoms with E-state index in [1.54, 1.807) is 11.3 Å². The van der Waals surface area contributed by atoms with E-state index in [1.807, 2.05) is 23.8 Å². The second kappa shape index (κ2) is 5.71. The molecular formula is C13H13NO4S. The Morgan fingerprint density at radius 1 is 1.37 bits per heavy atom. The summed E-state index contributed by atoms with van der Waals surface area (Å²) in [6.07, 6.45) is 0.724. The third kappa shape index (κ3) is 3.45. The highest BCUT2D eigenvalue weighted by molar-refractivity contribution is 7.07. The number of aromatic carboxylic acids is 1. The van der Waals surface area contributed by atoms with Gasteiger partial charge in [0.1, 0.15) is 0 Å². The summed E-state index contributed by atoms with van der Waals surface area (Å²) >= 11 is 1.61. The SMILES string of the molecule is CC(Cc1ccsc1)NC(=O)c1ccc(C(=O)O)o1. The summed E-state index contributed by atoms with van der Waals surface area (Å²) in [4.78, 5) is 22.5. The summed E-state index contributed by atoms with van der Waals surface area (Å²) in [6.45, 7) is 1.89. The van der Waals surface area contributed by atoms with E-state index in [4.69, 9.17) is 9.52 Å². The Kier molecular flexibility index (Phi) is 4.01. The van der Waals surface area contributed by atoms with Crippen molar-refractivity contribution in [2.24, 2.45) is 0 Å². The summed E-state index contributed by atoms with van der Waals surface area (Å²) in [7, 11) is 0. The number of carboxylic acid groups (broad SMARTS) is 1. The van der Waals surface area contributed by atoms with Gasteiger partial charge >= 0.3 is 5.97 Å². The van der Waals surface area contributed by atoms with Crippen LogP contribution in [-0.4, -0.2) is 23.0 Å². The molecule has 0 radical (unpaired) electrons. The van der Waals surface area contributed by atoms with E-state index in [2.05, 4.69) is 5.32 Å². The molecule has 2 heterocycles. The molecule has 1 amide bonds. The molecule has 100 valence electrons. The highest BCUT2D eigenvalue weighted by Gasteiger charge is 2.16. The van der Waals surface area contributed by atoms with Gasteiger partial charge in [-0.3, -0.25) is 4.79 Å². The van der Waals surface area contributed by atoms with Crippen LogP contribution in [0.4, 0.5) is 0 Å². The third-order valence-electron chi connectivity index (χ3n) is 2.54. The average Bonchev–Trinajstić information content (AvgIpc) is 2.98. The first kappa shape index (κ1) is 13.4. The molecule has 1 atom stereocenters. The van der Waals surface area contributed by atoms with Gasteiger partial charge in [-0.05, 0) is 47.9 Å². The standard InChI is InChI=1S/C13H13NO4S/c1-8(6-9-4-5-19-7-9)14-12(15)10-2-3-11(18-10)13(16)17/h2-5,7-8H,6H2,1H3,(H,14,15)(H,16,17). The van der Waals surface area contributed by atoms with Crippen LogP contribution in [0, 0.1) is 0 Å². The molecule has 2 N–H and O–H groups in total. The van der Waals surface area contributed by atoms with E-state index in [0.717, 1.165) is 12.0 Å². The number of furan rings is 1. The van der Waals surface area contributed by atoms with Gasteiger partial charge in [-0.2, -0.15) is 11.3 Å². The predicted octanol–water partition coefficient (Wildman–Crippen LogP) is 2.40. The molecule has 5 nitrogen and oxygen atoms in total. The number of hydrogen-bond acceptors (Lipinski definition) is 4. The van der Waals surface area contributed by atoms with Crippen molar-refractivity contribution in [2.75, 3.05) is 0 Å². The van der Waals surface area contributed by atoms with Gasteiger partial charge in [-0.15, -0.1) is 0 Å². The minimum atomic E-state index is -1.19. The van der Waals surface area contributed by atoms with E-state index < -0.39 is 11.9 Å². The van der Waals surface area contributed by atoms with E-state index >= 15 is 0 Å². The van der Waals surface area contributed by atoms with Crippen LogP contribution in [0.15, 0.2) is 33.4 Å². The lowest BCUT2D eigenvalue weighted by atomic mass is 10.1. The van der Waals surface area contributed by atoms with Crippen molar-refractivity contribution >= 4 is 23.2 Å². The maximum absolute atomic E-state index is 11.8. The first-order valence-corrected chi connectivity index (χ1v) is 6.65. The lowest BCUT2D eigenvalue weighted by Crippen LogP contribution is -2.33. The number of nitrogens with one attached hydrogen (secondary N) is 1. The van der Waals surface area contributed by atoms with Crippen molar-refractivity contribution in [1.82, 2.24) is 5.32 Å². The van der Waals surface area contributed by atoms with Gasteiger partial charge in [0.05, 0.1) is 0 Å². The summed E-state index contributed by atoms with van der Waals surface area (Å²) in [6, 6.07) is 4.57. The van der Waals surface area contributed by atoms with Crippen molar-refractivity contribution in [2.45, 2.75) is 19.4 Å². The number of hydrogen-bond donors (Lipinski definition) is 2. The molecule has 0 saturated heterocycles. The number of carbonyl (C=O) groups is 2. The van der Waals surface area contributed by atoms with Gasteiger partial charge in [0.2, 0.25) is 5.76 Å². The summed E-state index contributed by atoms with van der Waals surface area (Å²) < 4.78 is 4.93. The fraction of sp³-hybridized carbons (Fsp3) is 0.231. The topological polar surface area (TPSA) is 79.5 Å². The van der Waals surface area contributed by atoms with Gasteiger partial charge in [0, 0.05) is 6.04 Å². The molecule has 0 aromatic carbocycles. The first-order chi connectivity index (χ1) is 9.06. The van der Waals surface area contributed by atoms with Crippen molar-refractivity contribution in [1.29, 1.82) is 0 Å². The molecule has 0 saturated carbocycles. The molecule has 0 aliphatic rings. The number of rotatable bonds is 5.